The van der Waals surface area contributed by atoms with E-state index in [2.05, 4.69) is 34.9 Å². The average Bonchev–Trinajstić information content (AvgIpc) is 3.10. The molecule has 33 heavy (non-hydrogen) atoms. The summed E-state index contributed by atoms with van der Waals surface area (Å²) in [5, 5.41) is 14.2. The summed E-state index contributed by atoms with van der Waals surface area (Å²) in [6.45, 7) is 1.24. The van der Waals surface area contributed by atoms with Crippen LogP contribution >= 0.6 is 0 Å². The molecule has 0 atom stereocenters. The molecule has 0 unspecified atom stereocenters. The first-order valence-electron chi connectivity index (χ1n) is 11.6. The van der Waals surface area contributed by atoms with Gasteiger partial charge in [-0.05, 0) is 53.4 Å². The van der Waals surface area contributed by atoms with Gasteiger partial charge in [0.2, 0.25) is 5.91 Å². The van der Waals surface area contributed by atoms with Gasteiger partial charge < -0.3 is 20.5 Å². The largest absolute Gasteiger partial charge is 0.481 e. The first-order chi connectivity index (χ1) is 16.0. The van der Waals surface area contributed by atoms with Gasteiger partial charge in [-0.1, -0.05) is 48.5 Å². The van der Waals surface area contributed by atoms with Crippen molar-refractivity contribution in [1.82, 2.24) is 10.6 Å². The number of amides is 2. The van der Waals surface area contributed by atoms with Crippen LogP contribution in [0.1, 0.15) is 49.1 Å². The van der Waals surface area contributed by atoms with Crippen molar-refractivity contribution in [3.8, 4) is 11.1 Å². The summed E-state index contributed by atoms with van der Waals surface area (Å²) in [5.41, 5.74) is 4.78. The van der Waals surface area contributed by atoms with Crippen molar-refractivity contribution in [3.05, 3.63) is 59.7 Å². The van der Waals surface area contributed by atoms with Crippen LogP contribution in [0.4, 0.5) is 4.79 Å². The van der Waals surface area contributed by atoms with Gasteiger partial charge in [0.1, 0.15) is 6.61 Å². The molecule has 1 fully saturated rings. The first kappa shape index (κ1) is 22.8. The number of rotatable bonds is 10. The van der Waals surface area contributed by atoms with E-state index in [1.165, 1.54) is 22.3 Å². The van der Waals surface area contributed by atoms with Crippen molar-refractivity contribution in [2.75, 3.05) is 19.7 Å². The average molecular weight is 451 g/mol. The summed E-state index contributed by atoms with van der Waals surface area (Å²) < 4.78 is 5.57. The third-order valence-electron chi connectivity index (χ3n) is 6.58. The molecule has 2 aromatic rings. The van der Waals surface area contributed by atoms with Gasteiger partial charge in [0.25, 0.3) is 0 Å². The molecule has 0 aromatic heterocycles. The smallest absolute Gasteiger partial charge is 0.407 e. The molecule has 4 rings (SSSR count). The SMILES string of the molecule is O=C(O)CCCNC(=O)CC1CC(CNC(=O)OCC2c3ccccc3-c3ccccc32)C1. The standard InChI is InChI=1S/C26H30N2O5/c29-24(27-11-5-10-25(30)31)14-17-12-18(13-17)15-28-26(32)33-16-23-21-8-3-1-6-19(21)20-7-2-4-9-22(20)23/h1-4,6-9,17-18,23H,5,10-16H2,(H,27,29)(H,28,32)(H,30,31). The zero-order valence-corrected chi connectivity index (χ0v) is 18.6. The number of nitrogens with one attached hydrogen (secondary N) is 2. The topological polar surface area (TPSA) is 105 Å². The Morgan fingerprint density at radius 1 is 0.909 bits per heavy atom. The van der Waals surface area contributed by atoms with Gasteiger partial charge >= 0.3 is 12.1 Å². The number of ether oxygens (including phenoxy) is 1. The number of carboxylic acid groups (broad SMARTS) is 1. The van der Waals surface area contributed by atoms with Gasteiger partial charge in [-0.3, -0.25) is 9.59 Å². The minimum Gasteiger partial charge on any atom is -0.481 e. The lowest BCUT2D eigenvalue weighted by Gasteiger charge is -2.35. The predicted molar refractivity (Wildman–Crippen MR) is 124 cm³/mol. The summed E-state index contributed by atoms with van der Waals surface area (Å²) in [4.78, 5) is 34.7. The van der Waals surface area contributed by atoms with E-state index in [-0.39, 0.29) is 18.2 Å². The Hall–Kier alpha value is -3.35. The number of carbonyl (C=O) groups excluding carboxylic acids is 2. The van der Waals surface area contributed by atoms with Crippen molar-refractivity contribution in [2.24, 2.45) is 11.8 Å². The van der Waals surface area contributed by atoms with Gasteiger partial charge in [0, 0.05) is 31.8 Å². The van der Waals surface area contributed by atoms with E-state index in [1.54, 1.807) is 0 Å². The Labute approximate surface area is 193 Å². The second-order valence-electron chi connectivity index (χ2n) is 8.96. The van der Waals surface area contributed by atoms with Crippen molar-refractivity contribution in [1.29, 1.82) is 0 Å². The Bertz CT molecular complexity index is 970. The molecule has 0 aliphatic heterocycles. The summed E-state index contributed by atoms with van der Waals surface area (Å²) in [6, 6.07) is 16.5. The molecule has 2 aliphatic rings. The summed E-state index contributed by atoms with van der Waals surface area (Å²) >= 11 is 0. The van der Waals surface area contributed by atoms with Gasteiger partial charge in [-0.15, -0.1) is 0 Å². The molecule has 2 aromatic carbocycles. The number of alkyl carbamates (subject to hydrolysis) is 1. The Morgan fingerprint density at radius 2 is 1.55 bits per heavy atom. The van der Waals surface area contributed by atoms with Gasteiger partial charge in [-0.25, -0.2) is 4.79 Å². The quantitative estimate of drug-likeness (QED) is 0.476. The molecule has 0 heterocycles. The minimum atomic E-state index is -0.852. The second kappa shape index (κ2) is 10.5. The maximum Gasteiger partial charge on any atom is 0.407 e. The van der Waals surface area contributed by atoms with Crippen LogP contribution in [-0.2, 0) is 14.3 Å². The van der Waals surface area contributed by atoms with Crippen molar-refractivity contribution in [2.45, 2.75) is 38.0 Å². The molecular weight excluding hydrogens is 420 g/mol. The number of carboxylic acids is 1. The number of benzene rings is 2. The molecule has 2 aliphatic carbocycles. The Balaban J connectivity index is 1.14. The van der Waals surface area contributed by atoms with Gasteiger partial charge in [0.15, 0.2) is 0 Å². The van der Waals surface area contributed by atoms with Crippen LogP contribution in [0.3, 0.4) is 0 Å². The number of fused-ring (bicyclic) bond motifs is 3. The van der Waals surface area contributed by atoms with Crippen LogP contribution in [0.15, 0.2) is 48.5 Å². The third-order valence-corrected chi connectivity index (χ3v) is 6.58. The fraction of sp³-hybridized carbons (Fsp3) is 0.423. The van der Waals surface area contributed by atoms with E-state index in [0.29, 0.717) is 44.4 Å². The highest BCUT2D eigenvalue weighted by Crippen LogP contribution is 2.44. The molecule has 7 nitrogen and oxygen atoms in total. The normalized spacial score (nSPS) is 18.5. The highest BCUT2D eigenvalue weighted by molar-refractivity contribution is 5.79. The van der Waals surface area contributed by atoms with E-state index >= 15 is 0 Å². The second-order valence-corrected chi connectivity index (χ2v) is 8.96. The number of carbonyl (C=O) groups is 3. The predicted octanol–water partition coefficient (Wildman–Crippen LogP) is 3.92. The first-order valence-corrected chi connectivity index (χ1v) is 11.6. The molecule has 1 saturated carbocycles. The fourth-order valence-electron chi connectivity index (χ4n) is 4.89. The minimum absolute atomic E-state index is 0.0340. The van der Waals surface area contributed by atoms with E-state index in [0.717, 1.165) is 12.8 Å². The van der Waals surface area contributed by atoms with E-state index in [9.17, 15) is 14.4 Å². The van der Waals surface area contributed by atoms with Crippen LogP contribution in [-0.4, -0.2) is 42.8 Å². The summed E-state index contributed by atoms with van der Waals surface area (Å²) in [5.74, 6) is -0.164. The number of hydrogen-bond acceptors (Lipinski definition) is 4. The van der Waals surface area contributed by atoms with Crippen LogP contribution in [0.5, 0.6) is 0 Å². The lowest BCUT2D eigenvalue weighted by Crippen LogP contribution is -2.38. The molecule has 7 heteroatoms. The molecule has 0 radical (unpaired) electrons. The van der Waals surface area contributed by atoms with Crippen LogP contribution < -0.4 is 10.6 Å². The van der Waals surface area contributed by atoms with E-state index in [1.807, 2.05) is 24.3 Å². The molecule has 174 valence electrons. The molecule has 3 N–H and O–H groups in total. The molecule has 0 saturated heterocycles. The highest BCUT2D eigenvalue weighted by Gasteiger charge is 2.32. The van der Waals surface area contributed by atoms with Crippen LogP contribution in [0.2, 0.25) is 0 Å². The zero-order chi connectivity index (χ0) is 23.2. The maximum atomic E-state index is 12.3. The highest BCUT2D eigenvalue weighted by atomic mass is 16.5. The van der Waals surface area contributed by atoms with Crippen LogP contribution in [0, 0.1) is 11.8 Å². The Morgan fingerprint density at radius 3 is 2.18 bits per heavy atom. The third kappa shape index (κ3) is 5.72. The van der Waals surface area contributed by atoms with Gasteiger partial charge in [0.05, 0.1) is 0 Å². The lowest BCUT2D eigenvalue weighted by atomic mass is 9.73. The summed E-state index contributed by atoms with van der Waals surface area (Å²) in [6.07, 6.45) is 2.34. The van der Waals surface area contributed by atoms with Crippen LogP contribution in [0.25, 0.3) is 11.1 Å². The number of hydrogen-bond donors (Lipinski definition) is 3. The lowest BCUT2D eigenvalue weighted by molar-refractivity contribution is -0.137. The zero-order valence-electron chi connectivity index (χ0n) is 18.6. The molecular formula is C26H30N2O5. The Kier molecular flexibility index (Phi) is 7.27. The maximum absolute atomic E-state index is 12.3. The van der Waals surface area contributed by atoms with Crippen molar-refractivity contribution < 1.29 is 24.2 Å². The van der Waals surface area contributed by atoms with E-state index in [4.69, 9.17) is 9.84 Å². The monoisotopic (exact) mass is 450 g/mol. The van der Waals surface area contributed by atoms with E-state index < -0.39 is 12.1 Å². The molecule has 0 spiro atoms. The van der Waals surface area contributed by atoms with Crippen molar-refractivity contribution in [3.63, 3.8) is 0 Å². The van der Waals surface area contributed by atoms with Crippen molar-refractivity contribution >= 4 is 18.0 Å². The molecule has 2 amide bonds. The summed E-state index contributed by atoms with van der Waals surface area (Å²) in [7, 11) is 0. The molecule has 0 bridgehead atoms. The number of aliphatic carboxylic acids is 1. The fourth-order valence-corrected chi connectivity index (χ4v) is 4.89. The van der Waals surface area contributed by atoms with Gasteiger partial charge in [-0.2, -0.15) is 0 Å².